The van der Waals surface area contributed by atoms with Crippen LogP contribution >= 0.6 is 0 Å². The number of alkyl carbamates (subject to hydrolysis) is 1. The smallest absolute Gasteiger partial charge is 0.407 e. The van der Waals surface area contributed by atoms with Gasteiger partial charge in [-0.05, 0) is 48.7 Å². The molecular formula is C27H32N4O3. The molecule has 0 aliphatic heterocycles. The molecule has 2 N–H and O–H groups in total. The molecule has 0 saturated heterocycles. The number of nitrogens with zero attached hydrogens (tertiary/aromatic N) is 2. The van der Waals surface area contributed by atoms with Crippen LogP contribution in [0.4, 0.5) is 16.2 Å². The van der Waals surface area contributed by atoms with E-state index in [1.807, 2.05) is 54.6 Å². The molecule has 34 heavy (non-hydrogen) atoms. The van der Waals surface area contributed by atoms with Crippen LogP contribution in [0.1, 0.15) is 48.2 Å². The zero-order valence-electron chi connectivity index (χ0n) is 19.8. The van der Waals surface area contributed by atoms with Gasteiger partial charge in [0.1, 0.15) is 6.61 Å². The Kier molecular flexibility index (Phi) is 9.46. The summed E-state index contributed by atoms with van der Waals surface area (Å²) in [5.41, 5.74) is 4.03. The molecule has 1 heterocycles. The van der Waals surface area contributed by atoms with Crippen LogP contribution in [-0.2, 0) is 17.9 Å². The summed E-state index contributed by atoms with van der Waals surface area (Å²) < 4.78 is 5.19. The van der Waals surface area contributed by atoms with E-state index in [0.29, 0.717) is 17.8 Å². The van der Waals surface area contributed by atoms with Crippen LogP contribution in [0.3, 0.4) is 0 Å². The lowest BCUT2D eigenvalue weighted by Gasteiger charge is -2.26. The average molecular weight is 461 g/mol. The molecule has 0 unspecified atom stereocenters. The first-order valence-electron chi connectivity index (χ1n) is 11.6. The van der Waals surface area contributed by atoms with Crippen LogP contribution < -0.4 is 15.5 Å². The normalized spacial score (nSPS) is 10.4. The highest BCUT2D eigenvalue weighted by molar-refractivity contribution is 6.08. The lowest BCUT2D eigenvalue weighted by atomic mass is 10.1. The number of nitrogens with one attached hydrogen (secondary N) is 2. The van der Waals surface area contributed by atoms with Gasteiger partial charge in [-0.3, -0.25) is 9.78 Å². The summed E-state index contributed by atoms with van der Waals surface area (Å²) in [5, 5.41) is 5.71. The zero-order chi connectivity index (χ0) is 24.2. The number of hydrogen-bond acceptors (Lipinski definition) is 5. The van der Waals surface area contributed by atoms with Gasteiger partial charge in [0, 0.05) is 49.0 Å². The predicted molar refractivity (Wildman–Crippen MR) is 135 cm³/mol. The van der Waals surface area contributed by atoms with E-state index in [2.05, 4.69) is 34.4 Å². The van der Waals surface area contributed by atoms with Crippen molar-refractivity contribution in [2.45, 2.75) is 39.8 Å². The molecule has 178 valence electrons. The maximum Gasteiger partial charge on any atom is 0.407 e. The fraction of sp³-hybridized carbons (Fsp3) is 0.296. The zero-order valence-corrected chi connectivity index (χ0v) is 19.8. The molecule has 2 amide bonds. The topological polar surface area (TPSA) is 83.6 Å². The number of pyridine rings is 1. The van der Waals surface area contributed by atoms with Gasteiger partial charge >= 0.3 is 6.09 Å². The Labute approximate surface area is 201 Å². The summed E-state index contributed by atoms with van der Waals surface area (Å²) in [5.74, 6) is -0.141. The third kappa shape index (κ3) is 7.33. The Balaban J connectivity index is 1.54. The summed E-state index contributed by atoms with van der Waals surface area (Å²) in [6, 6.07) is 18.7. The first-order valence-corrected chi connectivity index (χ1v) is 11.6. The third-order valence-corrected chi connectivity index (χ3v) is 5.22. The SMILES string of the molecule is CCCN(CCC)c1ccccc1C(=O)Nc1ccc(CNC(=O)OCc2cccnc2)cc1. The van der Waals surface area contributed by atoms with E-state index in [1.165, 1.54) is 0 Å². The van der Waals surface area contributed by atoms with Crippen LogP contribution in [0.2, 0.25) is 0 Å². The fourth-order valence-electron chi connectivity index (χ4n) is 3.60. The van der Waals surface area contributed by atoms with E-state index in [1.54, 1.807) is 18.5 Å². The monoisotopic (exact) mass is 460 g/mol. The van der Waals surface area contributed by atoms with Gasteiger partial charge < -0.3 is 20.3 Å². The van der Waals surface area contributed by atoms with Crippen LogP contribution in [0.5, 0.6) is 0 Å². The summed E-state index contributed by atoms with van der Waals surface area (Å²) in [6.07, 6.45) is 4.86. The molecule has 1 aromatic heterocycles. The van der Waals surface area contributed by atoms with E-state index in [9.17, 15) is 9.59 Å². The number of carbonyl (C=O) groups is 2. The summed E-state index contributed by atoms with van der Waals surface area (Å²) in [6.45, 7) is 6.59. The van der Waals surface area contributed by atoms with Crippen molar-refractivity contribution in [3.63, 3.8) is 0 Å². The molecule has 0 atom stereocenters. The van der Waals surface area contributed by atoms with Gasteiger partial charge in [0.25, 0.3) is 5.91 Å². The van der Waals surface area contributed by atoms with E-state index in [4.69, 9.17) is 4.74 Å². The molecule has 2 aromatic carbocycles. The van der Waals surface area contributed by atoms with E-state index >= 15 is 0 Å². The molecule has 0 aliphatic carbocycles. The van der Waals surface area contributed by atoms with Gasteiger partial charge in [-0.25, -0.2) is 4.79 Å². The molecule has 3 aromatic rings. The highest BCUT2D eigenvalue weighted by atomic mass is 16.5. The molecule has 3 rings (SSSR count). The lowest BCUT2D eigenvalue weighted by Crippen LogP contribution is -2.27. The maximum absolute atomic E-state index is 13.0. The van der Waals surface area contributed by atoms with Gasteiger partial charge in [0.15, 0.2) is 0 Å². The second kappa shape index (κ2) is 13.0. The Hall–Kier alpha value is -3.87. The number of carbonyl (C=O) groups excluding carboxylic acids is 2. The van der Waals surface area contributed by atoms with Gasteiger partial charge in [0.05, 0.1) is 5.56 Å². The minimum Gasteiger partial charge on any atom is -0.445 e. The predicted octanol–water partition coefficient (Wildman–Crippen LogP) is 5.39. The molecule has 0 fully saturated rings. The van der Waals surface area contributed by atoms with Gasteiger partial charge in [-0.15, -0.1) is 0 Å². The first-order chi connectivity index (χ1) is 16.6. The standard InChI is InChI=1S/C27H32N4O3/c1-3-16-31(17-4-2)25-10-6-5-9-24(25)26(32)30-23-13-11-21(12-14-23)19-29-27(33)34-20-22-8-7-15-28-18-22/h5-15,18H,3-4,16-17,19-20H2,1-2H3,(H,29,33)(H,30,32). The summed E-state index contributed by atoms with van der Waals surface area (Å²) in [7, 11) is 0. The third-order valence-electron chi connectivity index (χ3n) is 5.22. The van der Waals surface area contributed by atoms with Crippen LogP contribution in [0.15, 0.2) is 73.1 Å². The minimum absolute atomic E-state index is 0.141. The molecule has 0 spiro atoms. The second-order valence-corrected chi connectivity index (χ2v) is 7.95. The molecule has 0 saturated carbocycles. The Bertz CT molecular complexity index is 1050. The van der Waals surface area contributed by atoms with Crippen molar-refractivity contribution in [3.8, 4) is 0 Å². The highest BCUT2D eigenvalue weighted by Crippen LogP contribution is 2.22. The first kappa shape index (κ1) is 24.8. The Morgan fingerprint density at radius 3 is 2.32 bits per heavy atom. The number of aromatic nitrogens is 1. The number of rotatable bonds is 11. The van der Waals surface area contributed by atoms with E-state index in [0.717, 1.165) is 42.7 Å². The minimum atomic E-state index is -0.499. The number of ether oxygens (including phenoxy) is 1. The van der Waals surface area contributed by atoms with Crippen molar-refractivity contribution in [1.82, 2.24) is 10.3 Å². The summed E-state index contributed by atoms with van der Waals surface area (Å²) >= 11 is 0. The van der Waals surface area contributed by atoms with Crippen molar-refractivity contribution in [2.75, 3.05) is 23.3 Å². The van der Waals surface area contributed by atoms with Crippen LogP contribution in [0.25, 0.3) is 0 Å². The quantitative estimate of drug-likeness (QED) is 0.401. The van der Waals surface area contributed by atoms with E-state index in [-0.39, 0.29) is 12.5 Å². The molecule has 0 aliphatic rings. The van der Waals surface area contributed by atoms with Crippen molar-refractivity contribution in [1.29, 1.82) is 0 Å². The largest absolute Gasteiger partial charge is 0.445 e. The van der Waals surface area contributed by atoms with Crippen molar-refractivity contribution in [2.24, 2.45) is 0 Å². The number of para-hydroxylation sites is 1. The van der Waals surface area contributed by atoms with Crippen LogP contribution in [0, 0.1) is 0 Å². The summed E-state index contributed by atoms with van der Waals surface area (Å²) in [4.78, 5) is 31.2. The lowest BCUT2D eigenvalue weighted by molar-refractivity contribution is 0.102. The number of anilines is 2. The van der Waals surface area contributed by atoms with Crippen LogP contribution in [-0.4, -0.2) is 30.1 Å². The number of amides is 2. The molecule has 7 heteroatoms. The van der Waals surface area contributed by atoms with E-state index < -0.39 is 6.09 Å². The van der Waals surface area contributed by atoms with Gasteiger partial charge in [-0.2, -0.15) is 0 Å². The number of hydrogen-bond donors (Lipinski definition) is 2. The molecular weight excluding hydrogens is 428 g/mol. The number of benzene rings is 2. The van der Waals surface area contributed by atoms with Crippen molar-refractivity contribution < 1.29 is 14.3 Å². The average Bonchev–Trinajstić information content (AvgIpc) is 2.87. The molecule has 7 nitrogen and oxygen atoms in total. The van der Waals surface area contributed by atoms with Gasteiger partial charge in [-0.1, -0.05) is 44.2 Å². The Morgan fingerprint density at radius 1 is 0.912 bits per heavy atom. The molecule has 0 bridgehead atoms. The molecule has 0 radical (unpaired) electrons. The highest BCUT2D eigenvalue weighted by Gasteiger charge is 2.15. The fourth-order valence-corrected chi connectivity index (χ4v) is 3.60. The Morgan fingerprint density at radius 2 is 1.65 bits per heavy atom. The second-order valence-electron chi connectivity index (χ2n) is 7.95. The maximum atomic E-state index is 13.0. The van der Waals surface area contributed by atoms with Gasteiger partial charge in [0.2, 0.25) is 0 Å². The van der Waals surface area contributed by atoms with Crippen molar-refractivity contribution in [3.05, 3.63) is 89.7 Å². The van der Waals surface area contributed by atoms with Crippen molar-refractivity contribution >= 4 is 23.4 Å².